The number of piperidine rings is 1. The van der Waals surface area contributed by atoms with Crippen molar-refractivity contribution in [1.82, 2.24) is 30.3 Å². The topological polar surface area (TPSA) is 124 Å². The fourth-order valence-electron chi connectivity index (χ4n) is 8.57. The minimum Gasteiger partial charge on any atom is -0.376 e. The first kappa shape index (κ1) is 31.4. The molecule has 11 heteroatoms. The van der Waals surface area contributed by atoms with Gasteiger partial charge in [-0.05, 0) is 62.8 Å². The minimum atomic E-state index is -0.750. The molecule has 5 fully saturated rings. The number of anilines is 1. The maximum atomic E-state index is 14.5. The number of likely N-dealkylation sites (tertiary alicyclic amines) is 2. The molecule has 2 aliphatic carbocycles. The van der Waals surface area contributed by atoms with Crippen molar-refractivity contribution >= 4 is 34.4 Å². The average molecular weight is 634 g/mol. The van der Waals surface area contributed by atoms with E-state index in [0.717, 1.165) is 68.3 Å². The van der Waals surface area contributed by atoms with Crippen LogP contribution in [0.3, 0.4) is 0 Å². The number of hydrogen-bond acceptors (Lipinski definition) is 7. The molecule has 3 saturated heterocycles. The van der Waals surface area contributed by atoms with Gasteiger partial charge in [0.1, 0.15) is 11.6 Å². The Hall–Kier alpha value is -3.21. The van der Waals surface area contributed by atoms with Crippen molar-refractivity contribution in [1.29, 1.82) is 0 Å². The number of ether oxygens (including phenoxy) is 1. The van der Waals surface area contributed by atoms with Gasteiger partial charge in [0.25, 0.3) is 0 Å². The van der Waals surface area contributed by atoms with Crippen molar-refractivity contribution in [3.05, 3.63) is 18.5 Å². The number of carbonyl (C=O) groups excluding carboxylic acids is 3. The molecule has 250 valence electrons. The van der Waals surface area contributed by atoms with Crippen LogP contribution in [0.2, 0.25) is 0 Å². The molecule has 11 nitrogen and oxygen atoms in total. The molecule has 2 aromatic rings. The maximum absolute atomic E-state index is 14.5. The molecule has 0 unspecified atom stereocenters. The van der Waals surface area contributed by atoms with E-state index in [0.29, 0.717) is 38.7 Å². The van der Waals surface area contributed by atoms with Gasteiger partial charge in [-0.1, -0.05) is 33.1 Å². The van der Waals surface area contributed by atoms with Crippen LogP contribution < -0.4 is 10.2 Å². The van der Waals surface area contributed by atoms with E-state index in [4.69, 9.17) is 9.72 Å². The van der Waals surface area contributed by atoms with Crippen LogP contribution in [-0.4, -0.2) is 101 Å². The Kier molecular flexibility index (Phi) is 8.48. The first-order valence-corrected chi connectivity index (χ1v) is 17.7. The summed E-state index contributed by atoms with van der Waals surface area (Å²) in [6.45, 7) is 10.4. The normalized spacial score (nSPS) is 27.0. The second-order valence-electron chi connectivity index (χ2n) is 15.6. The first-order valence-electron chi connectivity index (χ1n) is 17.7. The van der Waals surface area contributed by atoms with Crippen molar-refractivity contribution < 1.29 is 19.1 Å². The van der Waals surface area contributed by atoms with E-state index in [1.807, 2.05) is 22.8 Å². The second-order valence-corrected chi connectivity index (χ2v) is 15.6. The van der Waals surface area contributed by atoms with Gasteiger partial charge < -0.3 is 24.8 Å². The van der Waals surface area contributed by atoms with E-state index in [9.17, 15) is 14.4 Å². The number of carbonyl (C=O) groups is 3. The van der Waals surface area contributed by atoms with Crippen molar-refractivity contribution in [2.45, 2.75) is 90.7 Å². The van der Waals surface area contributed by atoms with Gasteiger partial charge in [-0.15, -0.1) is 0 Å². The number of aromatic amines is 1. The van der Waals surface area contributed by atoms with Crippen LogP contribution in [-0.2, 0) is 19.1 Å². The number of pyridine rings is 1. The molecule has 0 bridgehead atoms. The van der Waals surface area contributed by atoms with Gasteiger partial charge in [-0.25, -0.2) is 4.98 Å². The molecule has 5 heterocycles. The quantitative estimate of drug-likeness (QED) is 0.431. The summed E-state index contributed by atoms with van der Waals surface area (Å²) >= 11 is 0. The molecule has 3 amide bonds. The third-order valence-corrected chi connectivity index (χ3v) is 11.8. The minimum absolute atomic E-state index is 0.0432. The van der Waals surface area contributed by atoms with E-state index in [2.05, 4.69) is 34.3 Å². The zero-order chi connectivity index (χ0) is 32.1. The summed E-state index contributed by atoms with van der Waals surface area (Å²) in [4.78, 5) is 52.6. The zero-order valence-electron chi connectivity index (χ0n) is 27.8. The van der Waals surface area contributed by atoms with Crippen molar-refractivity contribution in [3.8, 4) is 0 Å². The predicted octanol–water partition coefficient (Wildman–Crippen LogP) is 3.75. The van der Waals surface area contributed by atoms with Gasteiger partial charge in [0.15, 0.2) is 5.82 Å². The Morgan fingerprint density at radius 1 is 1.02 bits per heavy atom. The average Bonchev–Trinajstić information content (AvgIpc) is 3.38. The van der Waals surface area contributed by atoms with Gasteiger partial charge in [0, 0.05) is 68.8 Å². The van der Waals surface area contributed by atoms with Crippen LogP contribution in [0.15, 0.2) is 18.5 Å². The number of nitrogens with one attached hydrogen (secondary N) is 2. The third-order valence-electron chi connectivity index (χ3n) is 11.8. The van der Waals surface area contributed by atoms with E-state index in [1.165, 1.54) is 19.3 Å². The Labute approximate surface area is 272 Å². The zero-order valence-corrected chi connectivity index (χ0v) is 27.8. The lowest BCUT2D eigenvalue weighted by Crippen LogP contribution is -2.65. The van der Waals surface area contributed by atoms with Crippen molar-refractivity contribution in [2.75, 3.05) is 50.8 Å². The van der Waals surface area contributed by atoms with Crippen molar-refractivity contribution in [3.63, 3.8) is 0 Å². The SMILES string of the molecule is C[C@@H](OCC1CCCCC1)[C@H](NC(=O)[C@@H]1CN(c2nccc3cn[nH]c23)CC12CN(C(=O)[C@H]1CC1(C)C)C2)C(=O)N1CCCCC1. The number of rotatable bonds is 9. The summed E-state index contributed by atoms with van der Waals surface area (Å²) in [5.74, 6) is 0.944. The molecule has 3 aliphatic heterocycles. The smallest absolute Gasteiger partial charge is 0.247 e. The summed E-state index contributed by atoms with van der Waals surface area (Å²) in [6, 6.07) is 1.17. The Morgan fingerprint density at radius 3 is 2.46 bits per heavy atom. The summed E-state index contributed by atoms with van der Waals surface area (Å²) in [7, 11) is 0. The highest BCUT2D eigenvalue weighted by Crippen LogP contribution is 2.55. The predicted molar refractivity (Wildman–Crippen MR) is 175 cm³/mol. The van der Waals surface area contributed by atoms with Gasteiger partial charge >= 0.3 is 0 Å². The van der Waals surface area contributed by atoms with E-state index >= 15 is 0 Å². The van der Waals surface area contributed by atoms with E-state index in [-0.39, 0.29) is 29.1 Å². The maximum Gasteiger partial charge on any atom is 0.247 e. The van der Waals surface area contributed by atoms with Gasteiger partial charge in [-0.3, -0.25) is 19.5 Å². The molecule has 1 spiro atoms. The van der Waals surface area contributed by atoms with Crippen molar-refractivity contribution in [2.24, 2.45) is 28.6 Å². The van der Waals surface area contributed by atoms with E-state index in [1.54, 1.807) is 12.4 Å². The fourth-order valence-corrected chi connectivity index (χ4v) is 8.57. The third kappa shape index (κ3) is 6.00. The molecule has 0 aromatic carbocycles. The molecular weight excluding hydrogens is 582 g/mol. The molecule has 5 aliphatic rings. The van der Waals surface area contributed by atoms with Crippen LogP contribution in [0.5, 0.6) is 0 Å². The fraction of sp³-hybridized carbons (Fsp3) is 0.743. The summed E-state index contributed by atoms with van der Waals surface area (Å²) in [5, 5.41) is 11.5. The van der Waals surface area contributed by atoms with Crippen LogP contribution in [0.4, 0.5) is 5.82 Å². The highest BCUT2D eigenvalue weighted by atomic mass is 16.5. The van der Waals surface area contributed by atoms with Gasteiger partial charge in [0.05, 0.1) is 18.2 Å². The first-order chi connectivity index (χ1) is 22.1. The lowest BCUT2D eigenvalue weighted by atomic mass is 9.70. The van der Waals surface area contributed by atoms with E-state index < -0.39 is 23.5 Å². The summed E-state index contributed by atoms with van der Waals surface area (Å²) < 4.78 is 6.40. The van der Waals surface area contributed by atoms with Crippen LogP contribution in [0.25, 0.3) is 10.9 Å². The van der Waals surface area contributed by atoms with Crippen LogP contribution >= 0.6 is 0 Å². The number of fused-ring (bicyclic) bond motifs is 1. The van der Waals surface area contributed by atoms with Crippen LogP contribution in [0, 0.1) is 28.6 Å². The second kappa shape index (κ2) is 12.4. The molecule has 7 rings (SSSR count). The Morgan fingerprint density at radius 2 is 1.74 bits per heavy atom. The lowest BCUT2D eigenvalue weighted by Gasteiger charge is -2.50. The number of aromatic nitrogens is 3. The summed E-state index contributed by atoms with van der Waals surface area (Å²) in [6.07, 6.45) is 13.2. The highest BCUT2D eigenvalue weighted by molar-refractivity contribution is 5.92. The molecule has 2 aromatic heterocycles. The molecular formula is C35H51N7O4. The van der Waals surface area contributed by atoms with Gasteiger partial charge in [-0.2, -0.15) is 5.10 Å². The largest absolute Gasteiger partial charge is 0.376 e. The Balaban J connectivity index is 1.12. The number of H-pyrrole nitrogens is 1. The standard InChI is InChI=1S/C35H51N7O4/c1-23(46-19-24-10-6-4-7-11-24)28(33(45)40-14-8-5-9-15-40)38-31(43)27-18-41(30-29-25(12-13-36-30)17-37-39-29)20-35(27)21-42(22-35)32(44)26-16-34(26,2)3/h12-13,17,23-24,26-28H,4-11,14-16,18-22H2,1-3H3,(H,37,39)(H,38,43)/t23-,26-,27+,28+/m1/s1. The molecule has 4 atom stereocenters. The lowest BCUT2D eigenvalue weighted by molar-refractivity contribution is -0.153. The highest BCUT2D eigenvalue weighted by Gasteiger charge is 2.61. The number of amides is 3. The molecule has 2 N–H and O–H groups in total. The number of hydrogen-bond donors (Lipinski definition) is 2. The molecule has 2 saturated carbocycles. The monoisotopic (exact) mass is 633 g/mol. The summed E-state index contributed by atoms with van der Waals surface area (Å²) in [5.41, 5.74) is 0.468. The molecule has 0 radical (unpaired) electrons. The number of nitrogens with zero attached hydrogens (tertiary/aromatic N) is 5. The van der Waals surface area contributed by atoms with Crippen LogP contribution in [0.1, 0.15) is 78.6 Å². The molecule has 46 heavy (non-hydrogen) atoms. The Bertz CT molecular complexity index is 1440. The van der Waals surface area contributed by atoms with Gasteiger partial charge in [0.2, 0.25) is 17.7 Å².